The van der Waals surface area contributed by atoms with Crippen LogP contribution in [0.2, 0.25) is 0 Å². The number of ether oxygens (including phenoxy) is 1. The molecule has 0 aromatic heterocycles. The quantitative estimate of drug-likeness (QED) is 0.282. The van der Waals surface area contributed by atoms with Gasteiger partial charge in [0.2, 0.25) is 5.91 Å². The lowest BCUT2D eigenvalue weighted by Crippen LogP contribution is -2.65. The van der Waals surface area contributed by atoms with E-state index in [0.29, 0.717) is 0 Å². The van der Waals surface area contributed by atoms with Crippen LogP contribution in [0.3, 0.4) is 0 Å². The van der Waals surface area contributed by atoms with Crippen LogP contribution in [0, 0.1) is 0 Å². The number of nitrogens with two attached hydrogens (primary N) is 1. The van der Waals surface area contributed by atoms with Crippen molar-refractivity contribution in [3.05, 3.63) is 0 Å². The summed E-state index contributed by atoms with van der Waals surface area (Å²) in [6, 6.07) is -2.64. The maximum atomic E-state index is 12.2. The van der Waals surface area contributed by atoms with Crippen LogP contribution in [0.1, 0.15) is 6.92 Å². The molecule has 0 aromatic carbocycles. The number of carboxylic acids is 1. The van der Waals surface area contributed by atoms with E-state index in [1.807, 2.05) is 0 Å². The molecule has 1 heterocycles. The van der Waals surface area contributed by atoms with Crippen molar-refractivity contribution in [1.82, 2.24) is 5.32 Å². The van der Waals surface area contributed by atoms with Crippen LogP contribution < -0.4 is 11.1 Å². The van der Waals surface area contributed by atoms with E-state index in [4.69, 9.17) is 20.7 Å². The van der Waals surface area contributed by atoms with E-state index in [-0.39, 0.29) is 0 Å². The molecule has 0 radical (unpaired) electrons. The summed E-state index contributed by atoms with van der Waals surface area (Å²) >= 11 is 0. The first kappa shape index (κ1) is 18.9. The second kappa shape index (κ2) is 7.94. The highest BCUT2D eigenvalue weighted by molar-refractivity contribution is 7.85. The van der Waals surface area contributed by atoms with E-state index < -0.39 is 70.9 Å². The number of aliphatic carboxylic acids is 1. The lowest BCUT2D eigenvalue weighted by Gasteiger charge is -2.42. The van der Waals surface area contributed by atoms with Crippen molar-refractivity contribution < 1.29 is 39.0 Å². The zero-order chi connectivity index (χ0) is 17.0. The fourth-order valence-electron chi connectivity index (χ4n) is 2.04. The summed E-state index contributed by atoms with van der Waals surface area (Å²) in [6.07, 6.45) is -4.25. The van der Waals surface area contributed by atoms with Gasteiger partial charge >= 0.3 is 5.97 Å². The summed E-state index contributed by atoms with van der Waals surface area (Å²) in [5.74, 6) is -2.40. The standard InChI is InChI=1S/C11H20N2O8S/c1-4(15)13-7-9(17)8(16)6(2-14)21-11(7)22(20)3-5(12)10(18)19/h5-9,11,14,16-17H,2-3,12H2,1H3,(H,13,15)(H,18,19)/t5-,6+,7+,8+,9+,11-,22?/m0/s1. The first-order chi connectivity index (χ1) is 10.2. The number of hydrogen-bond donors (Lipinski definition) is 6. The molecule has 10 nitrogen and oxygen atoms in total. The van der Waals surface area contributed by atoms with Gasteiger partial charge < -0.3 is 36.2 Å². The summed E-state index contributed by atoms with van der Waals surface area (Å²) in [5.41, 5.74) is 3.99. The third kappa shape index (κ3) is 4.44. The average molecular weight is 340 g/mol. The summed E-state index contributed by atoms with van der Waals surface area (Å²) in [5, 5.41) is 40.0. The fourth-order valence-corrected chi connectivity index (χ4v) is 3.55. The molecule has 7 N–H and O–H groups in total. The average Bonchev–Trinajstić information content (AvgIpc) is 2.43. The fraction of sp³-hybridized carbons (Fsp3) is 0.818. The Morgan fingerprint density at radius 2 is 1.95 bits per heavy atom. The Morgan fingerprint density at radius 1 is 1.36 bits per heavy atom. The van der Waals surface area contributed by atoms with Gasteiger partial charge in [-0.3, -0.25) is 13.8 Å². The molecule has 1 fully saturated rings. The molecule has 1 aliphatic heterocycles. The van der Waals surface area contributed by atoms with E-state index in [0.717, 1.165) is 6.92 Å². The first-order valence-corrected chi connectivity index (χ1v) is 7.82. The van der Waals surface area contributed by atoms with Gasteiger partial charge in [-0.05, 0) is 0 Å². The van der Waals surface area contributed by atoms with Gasteiger partial charge in [0, 0.05) is 6.92 Å². The molecule has 22 heavy (non-hydrogen) atoms. The Morgan fingerprint density at radius 3 is 2.41 bits per heavy atom. The number of nitrogens with one attached hydrogen (secondary N) is 1. The molecule has 0 aliphatic carbocycles. The molecule has 0 saturated carbocycles. The number of hydrogen-bond acceptors (Lipinski definition) is 8. The summed E-state index contributed by atoms with van der Waals surface area (Å²) in [7, 11) is -1.99. The third-order valence-corrected chi connectivity index (χ3v) is 4.78. The second-order valence-electron chi connectivity index (χ2n) is 4.93. The molecule has 0 bridgehead atoms. The lowest BCUT2D eigenvalue weighted by molar-refractivity contribution is -0.174. The summed E-state index contributed by atoms with van der Waals surface area (Å²) in [4.78, 5) is 21.9. The van der Waals surface area contributed by atoms with Crippen LogP contribution >= 0.6 is 0 Å². The highest BCUT2D eigenvalue weighted by atomic mass is 32.2. The Hall–Kier alpha value is -1.11. The van der Waals surface area contributed by atoms with Crippen LogP contribution in [-0.4, -0.2) is 84.7 Å². The van der Waals surface area contributed by atoms with E-state index in [1.165, 1.54) is 0 Å². The van der Waals surface area contributed by atoms with Crippen molar-refractivity contribution >= 4 is 22.7 Å². The summed E-state index contributed by atoms with van der Waals surface area (Å²) in [6.45, 7) is 0.504. The molecule has 1 aliphatic rings. The molecule has 1 amide bonds. The van der Waals surface area contributed by atoms with Crippen LogP contribution in [0.5, 0.6) is 0 Å². The Kier molecular flexibility index (Phi) is 6.84. The molecule has 0 spiro atoms. The number of aliphatic hydroxyl groups excluding tert-OH is 3. The van der Waals surface area contributed by atoms with Gasteiger partial charge in [-0.25, -0.2) is 0 Å². The number of rotatable bonds is 6. The molecule has 1 unspecified atom stereocenters. The molecule has 7 atom stereocenters. The molecular formula is C11H20N2O8S. The van der Waals surface area contributed by atoms with Crippen molar-refractivity contribution in [2.45, 2.75) is 42.8 Å². The molecule has 128 valence electrons. The van der Waals surface area contributed by atoms with E-state index in [1.54, 1.807) is 0 Å². The van der Waals surface area contributed by atoms with Gasteiger partial charge in [0.1, 0.15) is 24.4 Å². The van der Waals surface area contributed by atoms with Crippen LogP contribution in [0.25, 0.3) is 0 Å². The number of aliphatic hydroxyl groups is 3. The van der Waals surface area contributed by atoms with Gasteiger partial charge in [-0.2, -0.15) is 0 Å². The maximum Gasteiger partial charge on any atom is 0.321 e. The monoisotopic (exact) mass is 340 g/mol. The Bertz CT molecular complexity index is 448. The first-order valence-electron chi connectivity index (χ1n) is 6.44. The van der Waals surface area contributed by atoms with Crippen molar-refractivity contribution in [1.29, 1.82) is 0 Å². The van der Waals surface area contributed by atoms with Gasteiger partial charge in [0.05, 0.1) is 29.2 Å². The van der Waals surface area contributed by atoms with Crippen LogP contribution in [0.15, 0.2) is 0 Å². The minimum absolute atomic E-state index is 0.475. The Balaban J connectivity index is 2.95. The molecule has 0 aromatic rings. The largest absolute Gasteiger partial charge is 0.480 e. The van der Waals surface area contributed by atoms with E-state index in [2.05, 4.69) is 5.32 Å². The molecule has 11 heteroatoms. The maximum absolute atomic E-state index is 12.2. The number of carbonyl (C=O) groups excluding carboxylic acids is 1. The van der Waals surface area contributed by atoms with Gasteiger partial charge in [0.25, 0.3) is 0 Å². The minimum Gasteiger partial charge on any atom is -0.480 e. The molecular weight excluding hydrogens is 320 g/mol. The zero-order valence-corrected chi connectivity index (χ0v) is 12.6. The number of amides is 1. The summed E-state index contributed by atoms with van der Waals surface area (Å²) < 4.78 is 17.5. The SMILES string of the molecule is CC(=O)N[C@@H]1[C@@H](O)[C@H](O)[C@@H](CO)O[C@H]1S(=O)C[C@H](N)C(=O)O. The number of carboxylic acid groups (broad SMARTS) is 1. The highest BCUT2D eigenvalue weighted by Crippen LogP contribution is 2.23. The predicted molar refractivity (Wildman–Crippen MR) is 74.0 cm³/mol. The van der Waals surface area contributed by atoms with Crippen LogP contribution in [0.4, 0.5) is 0 Å². The van der Waals surface area contributed by atoms with Gasteiger partial charge in [0.15, 0.2) is 5.44 Å². The zero-order valence-electron chi connectivity index (χ0n) is 11.8. The lowest BCUT2D eigenvalue weighted by atomic mass is 9.98. The highest BCUT2D eigenvalue weighted by Gasteiger charge is 2.47. The van der Waals surface area contributed by atoms with Gasteiger partial charge in [-0.15, -0.1) is 0 Å². The Labute approximate surface area is 128 Å². The second-order valence-corrected chi connectivity index (χ2v) is 6.48. The van der Waals surface area contributed by atoms with Crippen molar-refractivity contribution in [2.24, 2.45) is 5.73 Å². The van der Waals surface area contributed by atoms with Gasteiger partial charge in [-0.1, -0.05) is 0 Å². The minimum atomic E-state index is -1.99. The van der Waals surface area contributed by atoms with E-state index in [9.17, 15) is 24.0 Å². The molecule has 1 rings (SSSR count). The smallest absolute Gasteiger partial charge is 0.321 e. The molecule has 1 saturated heterocycles. The van der Waals surface area contributed by atoms with E-state index >= 15 is 0 Å². The normalized spacial score (nSPS) is 34.7. The number of carbonyl (C=O) groups is 2. The van der Waals surface area contributed by atoms with Crippen molar-refractivity contribution in [3.63, 3.8) is 0 Å². The topological polar surface area (TPSA) is 179 Å². The third-order valence-electron chi connectivity index (χ3n) is 3.17. The van der Waals surface area contributed by atoms with Crippen molar-refractivity contribution in [2.75, 3.05) is 12.4 Å². The van der Waals surface area contributed by atoms with Crippen LogP contribution in [-0.2, 0) is 25.1 Å². The van der Waals surface area contributed by atoms with Crippen molar-refractivity contribution in [3.8, 4) is 0 Å². The predicted octanol–water partition coefficient (Wildman–Crippen LogP) is -3.91.